The van der Waals surface area contributed by atoms with Crippen molar-refractivity contribution in [3.8, 4) is 11.5 Å². The van der Waals surface area contributed by atoms with Crippen LogP contribution in [0, 0.1) is 0 Å². The van der Waals surface area contributed by atoms with E-state index in [4.69, 9.17) is 14.2 Å². The molecule has 1 fully saturated rings. The minimum atomic E-state index is -0.593. The fraction of sp³-hybridized carbons (Fsp3) is 0.600. The summed E-state index contributed by atoms with van der Waals surface area (Å²) in [4.78, 5) is 26.9. The Kier molecular flexibility index (Phi) is 5.77. The van der Waals surface area contributed by atoms with E-state index in [-0.39, 0.29) is 5.91 Å². The second-order valence-corrected chi connectivity index (χ2v) is 7.89. The Hall–Kier alpha value is -2.44. The van der Waals surface area contributed by atoms with Gasteiger partial charge in [0, 0.05) is 24.7 Å². The molecule has 0 aliphatic carbocycles. The highest BCUT2D eigenvalue weighted by atomic mass is 16.6. The number of rotatable bonds is 2. The number of fused-ring (bicyclic) bond motifs is 1. The van der Waals surface area contributed by atoms with Gasteiger partial charge in [-0.15, -0.1) is 0 Å². The first kappa shape index (κ1) is 19.3. The minimum absolute atomic E-state index is 0.213. The molecule has 2 heterocycles. The fourth-order valence-corrected chi connectivity index (χ4v) is 3.21. The van der Waals surface area contributed by atoms with Gasteiger partial charge in [0.2, 0.25) is 5.91 Å². The molecule has 0 spiro atoms. The molecule has 1 aromatic carbocycles. The summed E-state index contributed by atoms with van der Waals surface area (Å²) in [7, 11) is 0. The van der Waals surface area contributed by atoms with Gasteiger partial charge in [0.1, 0.15) is 11.6 Å². The number of hydrogen-bond acceptors (Lipinski definition) is 5. The predicted octanol–water partition coefficient (Wildman–Crippen LogP) is 3.58. The highest BCUT2D eigenvalue weighted by Gasteiger charge is 2.34. The first-order chi connectivity index (χ1) is 12.8. The SMILES string of the molecule is CC(C)(C)OC(=O)N1CCCCC1C(=O)Nc1ccc2c(c1)OCCCO2. The lowest BCUT2D eigenvalue weighted by Crippen LogP contribution is -2.51. The maximum atomic E-state index is 12.9. The van der Waals surface area contributed by atoms with Crippen molar-refractivity contribution in [2.75, 3.05) is 25.1 Å². The van der Waals surface area contributed by atoms with E-state index in [1.54, 1.807) is 18.2 Å². The number of carbonyl (C=O) groups is 2. The zero-order valence-corrected chi connectivity index (χ0v) is 16.2. The van der Waals surface area contributed by atoms with Crippen molar-refractivity contribution in [1.82, 2.24) is 4.90 Å². The number of anilines is 1. The molecule has 0 aromatic heterocycles. The summed E-state index contributed by atoms with van der Waals surface area (Å²) >= 11 is 0. The van der Waals surface area contributed by atoms with E-state index in [0.29, 0.717) is 43.4 Å². The lowest BCUT2D eigenvalue weighted by molar-refractivity contribution is -0.122. The molecule has 3 rings (SSSR count). The van der Waals surface area contributed by atoms with E-state index in [0.717, 1.165) is 19.3 Å². The molecule has 2 aliphatic rings. The summed E-state index contributed by atoms with van der Waals surface area (Å²) in [6.45, 7) is 7.18. The van der Waals surface area contributed by atoms with E-state index in [2.05, 4.69) is 5.32 Å². The predicted molar refractivity (Wildman–Crippen MR) is 101 cm³/mol. The van der Waals surface area contributed by atoms with Crippen LogP contribution in [0.25, 0.3) is 0 Å². The molecule has 27 heavy (non-hydrogen) atoms. The van der Waals surface area contributed by atoms with Crippen molar-refractivity contribution in [1.29, 1.82) is 0 Å². The first-order valence-corrected chi connectivity index (χ1v) is 9.54. The fourth-order valence-electron chi connectivity index (χ4n) is 3.21. The van der Waals surface area contributed by atoms with E-state index in [1.165, 1.54) is 4.90 Å². The van der Waals surface area contributed by atoms with Gasteiger partial charge >= 0.3 is 6.09 Å². The van der Waals surface area contributed by atoms with Crippen LogP contribution in [0.3, 0.4) is 0 Å². The van der Waals surface area contributed by atoms with Gasteiger partial charge in [-0.3, -0.25) is 9.69 Å². The molecule has 1 saturated heterocycles. The number of ether oxygens (including phenoxy) is 3. The van der Waals surface area contributed by atoms with Crippen LogP contribution in [0.2, 0.25) is 0 Å². The molecule has 148 valence electrons. The Morgan fingerprint density at radius 2 is 1.85 bits per heavy atom. The molecule has 2 amide bonds. The third kappa shape index (κ3) is 5.05. The van der Waals surface area contributed by atoms with Crippen LogP contribution in [0.4, 0.5) is 10.5 Å². The van der Waals surface area contributed by atoms with E-state index in [1.807, 2.05) is 20.8 Å². The summed E-state index contributed by atoms with van der Waals surface area (Å²) in [6.07, 6.45) is 2.77. The molecule has 7 nitrogen and oxygen atoms in total. The zero-order chi connectivity index (χ0) is 19.4. The Morgan fingerprint density at radius 3 is 2.59 bits per heavy atom. The monoisotopic (exact) mass is 376 g/mol. The van der Waals surface area contributed by atoms with Crippen molar-refractivity contribution in [3.05, 3.63) is 18.2 Å². The van der Waals surface area contributed by atoms with E-state index in [9.17, 15) is 9.59 Å². The third-order valence-corrected chi connectivity index (χ3v) is 4.45. The topological polar surface area (TPSA) is 77.1 Å². The van der Waals surface area contributed by atoms with Gasteiger partial charge in [-0.1, -0.05) is 0 Å². The highest BCUT2D eigenvalue weighted by Crippen LogP contribution is 2.32. The molecule has 1 N–H and O–H groups in total. The summed E-state index contributed by atoms with van der Waals surface area (Å²) in [5, 5.41) is 2.91. The van der Waals surface area contributed by atoms with Gasteiger partial charge in [0.05, 0.1) is 13.2 Å². The molecule has 0 bridgehead atoms. The number of nitrogens with one attached hydrogen (secondary N) is 1. The Labute approximate surface area is 160 Å². The Balaban J connectivity index is 1.70. The average Bonchev–Trinajstić information content (AvgIpc) is 2.85. The van der Waals surface area contributed by atoms with Crippen LogP contribution in [-0.4, -0.2) is 48.3 Å². The van der Waals surface area contributed by atoms with Crippen LogP contribution in [0.1, 0.15) is 46.5 Å². The highest BCUT2D eigenvalue weighted by molar-refractivity contribution is 5.97. The Morgan fingerprint density at radius 1 is 1.11 bits per heavy atom. The van der Waals surface area contributed by atoms with Crippen molar-refractivity contribution < 1.29 is 23.8 Å². The molecule has 1 aromatic rings. The summed E-state index contributed by atoms with van der Waals surface area (Å²) in [5.74, 6) is 1.09. The number of amides is 2. The zero-order valence-electron chi connectivity index (χ0n) is 16.2. The van der Waals surface area contributed by atoms with Gasteiger partial charge in [-0.05, 0) is 52.2 Å². The quantitative estimate of drug-likeness (QED) is 0.854. The smallest absolute Gasteiger partial charge is 0.410 e. The van der Waals surface area contributed by atoms with Gasteiger partial charge in [0.15, 0.2) is 11.5 Å². The van der Waals surface area contributed by atoms with Gasteiger partial charge in [-0.25, -0.2) is 4.79 Å². The number of likely N-dealkylation sites (tertiary alicyclic amines) is 1. The molecule has 7 heteroatoms. The van der Waals surface area contributed by atoms with Gasteiger partial charge in [0.25, 0.3) is 0 Å². The van der Waals surface area contributed by atoms with E-state index < -0.39 is 17.7 Å². The summed E-state index contributed by atoms with van der Waals surface area (Å²) in [6, 6.07) is 4.80. The van der Waals surface area contributed by atoms with Crippen molar-refractivity contribution in [2.45, 2.75) is 58.1 Å². The first-order valence-electron chi connectivity index (χ1n) is 9.54. The lowest BCUT2D eigenvalue weighted by atomic mass is 10.0. The summed E-state index contributed by atoms with van der Waals surface area (Å²) in [5.41, 5.74) is 0.0307. The van der Waals surface area contributed by atoms with Gasteiger partial charge < -0.3 is 19.5 Å². The van der Waals surface area contributed by atoms with Crippen molar-refractivity contribution in [3.63, 3.8) is 0 Å². The second kappa shape index (κ2) is 8.06. The number of piperidine rings is 1. The average molecular weight is 376 g/mol. The third-order valence-electron chi connectivity index (χ3n) is 4.45. The molecule has 1 atom stereocenters. The molecule has 0 radical (unpaired) electrons. The molecule has 2 aliphatic heterocycles. The van der Waals surface area contributed by atoms with Crippen LogP contribution >= 0.6 is 0 Å². The standard InChI is InChI=1S/C20H28N2O5/c1-20(2,3)27-19(24)22-10-5-4-7-15(22)18(23)21-14-8-9-16-17(13-14)26-12-6-11-25-16/h8-9,13,15H,4-7,10-12H2,1-3H3,(H,21,23). The largest absolute Gasteiger partial charge is 0.490 e. The van der Waals surface area contributed by atoms with Crippen LogP contribution < -0.4 is 14.8 Å². The normalized spacial score (nSPS) is 19.8. The van der Waals surface area contributed by atoms with Crippen LogP contribution in [-0.2, 0) is 9.53 Å². The number of nitrogens with zero attached hydrogens (tertiary/aromatic N) is 1. The van der Waals surface area contributed by atoms with Crippen molar-refractivity contribution in [2.24, 2.45) is 0 Å². The van der Waals surface area contributed by atoms with Gasteiger partial charge in [-0.2, -0.15) is 0 Å². The van der Waals surface area contributed by atoms with Crippen molar-refractivity contribution >= 4 is 17.7 Å². The Bertz CT molecular complexity index is 698. The number of carbonyl (C=O) groups excluding carboxylic acids is 2. The maximum absolute atomic E-state index is 12.9. The second-order valence-electron chi connectivity index (χ2n) is 7.89. The molecule has 0 saturated carbocycles. The molecular weight excluding hydrogens is 348 g/mol. The molecule has 1 unspecified atom stereocenters. The number of hydrogen-bond donors (Lipinski definition) is 1. The number of benzene rings is 1. The maximum Gasteiger partial charge on any atom is 0.410 e. The van der Waals surface area contributed by atoms with Crippen LogP contribution in [0.5, 0.6) is 11.5 Å². The lowest BCUT2D eigenvalue weighted by Gasteiger charge is -2.35. The molecular formula is C20H28N2O5. The van der Waals surface area contributed by atoms with E-state index >= 15 is 0 Å². The minimum Gasteiger partial charge on any atom is -0.490 e. The van der Waals surface area contributed by atoms with Crippen LogP contribution in [0.15, 0.2) is 18.2 Å². The summed E-state index contributed by atoms with van der Waals surface area (Å²) < 4.78 is 16.7.